The van der Waals surface area contributed by atoms with E-state index in [1.807, 2.05) is 52.5 Å². The number of carbonyl (C=O) groups is 1. The number of hydrogen-bond acceptors (Lipinski definition) is 3. The van der Waals surface area contributed by atoms with Crippen LogP contribution >= 0.6 is 27.3 Å². The molecule has 0 amide bonds. The van der Waals surface area contributed by atoms with Crippen LogP contribution in [0.1, 0.15) is 10.4 Å². The monoisotopic (exact) mass is 346 g/mol. The van der Waals surface area contributed by atoms with Gasteiger partial charge in [-0.1, -0.05) is 40.2 Å². The predicted octanol–water partition coefficient (Wildman–Crippen LogP) is 4.26. The van der Waals surface area contributed by atoms with Crippen molar-refractivity contribution in [1.82, 2.24) is 9.55 Å². The van der Waals surface area contributed by atoms with Gasteiger partial charge in [0.25, 0.3) is 0 Å². The molecule has 20 heavy (non-hydrogen) atoms. The summed E-state index contributed by atoms with van der Waals surface area (Å²) in [6.45, 7) is 0.288. The van der Waals surface area contributed by atoms with Gasteiger partial charge in [-0.25, -0.2) is 4.98 Å². The fraction of sp³-hybridized carbons (Fsp3) is 0.0667. The van der Waals surface area contributed by atoms with Crippen molar-refractivity contribution in [3.05, 3.63) is 64.2 Å². The smallest absolute Gasteiger partial charge is 0.183 e. The Morgan fingerprint density at radius 3 is 2.85 bits per heavy atom. The van der Waals surface area contributed by atoms with Crippen LogP contribution in [0.15, 0.2) is 58.6 Å². The summed E-state index contributed by atoms with van der Waals surface area (Å²) in [5, 5.41) is 2.00. The summed E-state index contributed by atoms with van der Waals surface area (Å²) < 4.78 is 2.70. The van der Waals surface area contributed by atoms with Crippen LogP contribution in [0.5, 0.6) is 0 Å². The second kappa shape index (κ2) is 5.73. The summed E-state index contributed by atoms with van der Waals surface area (Å²) in [4.78, 5) is 17.8. The van der Waals surface area contributed by atoms with Crippen molar-refractivity contribution in [2.24, 2.45) is 0 Å². The van der Waals surface area contributed by atoms with Crippen LogP contribution in [-0.2, 0) is 6.54 Å². The number of imidazole rings is 1. The van der Waals surface area contributed by atoms with E-state index in [0.717, 1.165) is 15.2 Å². The van der Waals surface area contributed by atoms with Gasteiger partial charge in [0.15, 0.2) is 5.78 Å². The minimum Gasteiger partial charge on any atom is -0.323 e. The highest BCUT2D eigenvalue weighted by molar-refractivity contribution is 9.10. The molecule has 0 aliphatic carbocycles. The molecule has 0 aliphatic rings. The highest BCUT2D eigenvalue weighted by Crippen LogP contribution is 2.24. The first-order valence-corrected chi connectivity index (χ1v) is 7.76. The second-order valence-electron chi connectivity index (χ2n) is 4.26. The van der Waals surface area contributed by atoms with E-state index in [0.29, 0.717) is 5.56 Å². The SMILES string of the molecule is O=C(Cn1ccnc1-c1cccs1)c1ccccc1Br. The predicted molar refractivity (Wildman–Crippen MR) is 84.0 cm³/mol. The minimum atomic E-state index is 0.0632. The van der Waals surface area contributed by atoms with Crippen LogP contribution in [-0.4, -0.2) is 15.3 Å². The molecule has 0 atom stereocenters. The minimum absolute atomic E-state index is 0.0632. The van der Waals surface area contributed by atoms with Crippen LogP contribution in [0.4, 0.5) is 0 Å². The van der Waals surface area contributed by atoms with Gasteiger partial charge in [-0.2, -0.15) is 0 Å². The number of nitrogens with zero attached hydrogens (tertiary/aromatic N) is 2. The molecule has 0 bridgehead atoms. The zero-order valence-corrected chi connectivity index (χ0v) is 12.9. The molecule has 0 saturated carbocycles. The van der Waals surface area contributed by atoms with Crippen molar-refractivity contribution in [3.8, 4) is 10.7 Å². The van der Waals surface area contributed by atoms with Gasteiger partial charge in [0, 0.05) is 22.4 Å². The number of Topliss-reactive ketones (excluding diaryl/α,β-unsaturated/α-hetero) is 1. The molecule has 100 valence electrons. The first-order valence-electron chi connectivity index (χ1n) is 6.08. The summed E-state index contributed by atoms with van der Waals surface area (Å²) in [6.07, 6.45) is 3.56. The van der Waals surface area contributed by atoms with E-state index in [9.17, 15) is 4.79 Å². The van der Waals surface area contributed by atoms with Crippen LogP contribution in [0, 0.1) is 0 Å². The number of ketones is 1. The van der Waals surface area contributed by atoms with Crippen molar-refractivity contribution in [3.63, 3.8) is 0 Å². The van der Waals surface area contributed by atoms with Gasteiger partial charge in [-0.3, -0.25) is 4.79 Å². The molecule has 2 heterocycles. The van der Waals surface area contributed by atoms with E-state index < -0.39 is 0 Å². The van der Waals surface area contributed by atoms with Crippen LogP contribution < -0.4 is 0 Å². The highest BCUT2D eigenvalue weighted by atomic mass is 79.9. The molecule has 0 radical (unpaired) electrons. The van der Waals surface area contributed by atoms with E-state index in [2.05, 4.69) is 20.9 Å². The van der Waals surface area contributed by atoms with E-state index in [1.54, 1.807) is 17.5 Å². The lowest BCUT2D eigenvalue weighted by atomic mass is 10.1. The number of rotatable bonds is 4. The standard InChI is InChI=1S/C15H11BrN2OS/c16-12-5-2-1-4-11(12)13(19)10-18-8-7-17-15(18)14-6-3-9-20-14/h1-9H,10H2. The Balaban J connectivity index is 1.88. The zero-order valence-electron chi connectivity index (χ0n) is 10.5. The second-order valence-corrected chi connectivity index (χ2v) is 6.06. The largest absolute Gasteiger partial charge is 0.323 e. The molecular weight excluding hydrogens is 336 g/mol. The van der Waals surface area contributed by atoms with E-state index in [-0.39, 0.29) is 12.3 Å². The molecule has 3 nitrogen and oxygen atoms in total. The maximum absolute atomic E-state index is 12.4. The van der Waals surface area contributed by atoms with Crippen molar-refractivity contribution < 1.29 is 4.79 Å². The molecule has 0 fully saturated rings. The molecule has 1 aromatic carbocycles. The molecule has 2 aromatic heterocycles. The first-order chi connectivity index (χ1) is 9.75. The van der Waals surface area contributed by atoms with E-state index in [1.165, 1.54) is 0 Å². The maximum atomic E-state index is 12.4. The van der Waals surface area contributed by atoms with E-state index >= 15 is 0 Å². The number of carbonyl (C=O) groups excluding carboxylic acids is 1. The summed E-state index contributed by atoms with van der Waals surface area (Å²) in [6, 6.07) is 11.5. The molecule has 3 aromatic rings. The van der Waals surface area contributed by atoms with Crippen LogP contribution in [0.3, 0.4) is 0 Å². The molecule has 0 spiro atoms. The van der Waals surface area contributed by atoms with Gasteiger partial charge in [-0.15, -0.1) is 11.3 Å². The lowest BCUT2D eigenvalue weighted by Gasteiger charge is -2.07. The molecule has 5 heteroatoms. The molecule has 0 N–H and O–H groups in total. The lowest BCUT2D eigenvalue weighted by molar-refractivity contribution is 0.0972. The zero-order chi connectivity index (χ0) is 13.9. The number of aromatic nitrogens is 2. The van der Waals surface area contributed by atoms with Gasteiger partial charge in [0.1, 0.15) is 5.82 Å². The fourth-order valence-corrected chi connectivity index (χ4v) is 3.24. The third-order valence-electron chi connectivity index (χ3n) is 2.95. The van der Waals surface area contributed by atoms with Crippen molar-refractivity contribution in [1.29, 1.82) is 0 Å². The fourth-order valence-electron chi connectivity index (χ4n) is 1.99. The van der Waals surface area contributed by atoms with Gasteiger partial charge >= 0.3 is 0 Å². The Morgan fingerprint density at radius 1 is 1.25 bits per heavy atom. The molecular formula is C15H11BrN2OS. The van der Waals surface area contributed by atoms with E-state index in [4.69, 9.17) is 0 Å². The number of thiophene rings is 1. The normalized spacial score (nSPS) is 10.7. The Hall–Kier alpha value is -1.72. The number of hydrogen-bond donors (Lipinski definition) is 0. The molecule has 0 unspecified atom stereocenters. The Labute approximate surface area is 129 Å². The van der Waals surface area contributed by atoms with Crippen molar-refractivity contribution >= 4 is 33.0 Å². The Bertz CT molecular complexity index is 734. The third kappa shape index (κ3) is 2.59. The molecule has 0 saturated heterocycles. The molecule has 0 aliphatic heterocycles. The summed E-state index contributed by atoms with van der Waals surface area (Å²) in [5.74, 6) is 0.897. The summed E-state index contributed by atoms with van der Waals surface area (Å²) in [5.41, 5.74) is 0.693. The van der Waals surface area contributed by atoms with Gasteiger partial charge in [0.05, 0.1) is 11.4 Å². The Kier molecular flexibility index (Phi) is 3.80. The average Bonchev–Trinajstić information content (AvgIpc) is 3.09. The summed E-state index contributed by atoms with van der Waals surface area (Å²) >= 11 is 5.03. The molecule has 3 rings (SSSR count). The van der Waals surface area contributed by atoms with Crippen LogP contribution in [0.25, 0.3) is 10.7 Å². The Morgan fingerprint density at radius 2 is 2.10 bits per heavy atom. The average molecular weight is 347 g/mol. The quantitative estimate of drug-likeness (QED) is 0.661. The van der Waals surface area contributed by atoms with Crippen LogP contribution in [0.2, 0.25) is 0 Å². The highest BCUT2D eigenvalue weighted by Gasteiger charge is 2.13. The first kappa shape index (κ1) is 13.3. The van der Waals surface area contributed by atoms with Crippen molar-refractivity contribution in [2.45, 2.75) is 6.54 Å². The lowest BCUT2D eigenvalue weighted by Crippen LogP contribution is -2.11. The van der Waals surface area contributed by atoms with Gasteiger partial charge in [-0.05, 0) is 17.5 Å². The summed E-state index contributed by atoms with van der Waals surface area (Å²) in [7, 11) is 0. The topological polar surface area (TPSA) is 34.9 Å². The number of halogens is 1. The number of benzene rings is 1. The van der Waals surface area contributed by atoms with Gasteiger partial charge in [0.2, 0.25) is 0 Å². The van der Waals surface area contributed by atoms with Crippen molar-refractivity contribution in [2.75, 3.05) is 0 Å². The maximum Gasteiger partial charge on any atom is 0.183 e. The van der Waals surface area contributed by atoms with Gasteiger partial charge < -0.3 is 4.57 Å². The third-order valence-corrected chi connectivity index (χ3v) is 4.50.